The zero-order chi connectivity index (χ0) is 20.8. The lowest BCUT2D eigenvalue weighted by atomic mass is 10.1. The van der Waals surface area contributed by atoms with E-state index in [9.17, 15) is 4.79 Å². The highest BCUT2D eigenvalue weighted by Crippen LogP contribution is 2.36. The van der Waals surface area contributed by atoms with Gasteiger partial charge in [-0.05, 0) is 31.0 Å². The fraction of sp³-hybridized carbons (Fsp3) is 0.250. The number of carbonyl (C=O) groups is 1. The van der Waals surface area contributed by atoms with Gasteiger partial charge in [0.15, 0.2) is 23.6 Å². The maximum Gasteiger partial charge on any atom is 0.228 e. The van der Waals surface area contributed by atoms with Crippen molar-refractivity contribution in [3.8, 4) is 22.6 Å². The molecule has 10 heteroatoms. The van der Waals surface area contributed by atoms with Crippen molar-refractivity contribution in [3.63, 3.8) is 0 Å². The minimum atomic E-state index is -0.0116. The van der Waals surface area contributed by atoms with Crippen LogP contribution in [0.1, 0.15) is 19.3 Å². The molecule has 4 heterocycles. The van der Waals surface area contributed by atoms with Gasteiger partial charge in [-0.15, -0.1) is 0 Å². The van der Waals surface area contributed by atoms with Crippen LogP contribution >= 0.6 is 11.6 Å². The first-order chi connectivity index (χ1) is 14.5. The number of nitrogens with two attached hydrogens (primary N) is 1. The topological polar surface area (TPSA) is 116 Å². The third kappa shape index (κ3) is 3.07. The van der Waals surface area contributed by atoms with Gasteiger partial charge in [0.2, 0.25) is 5.91 Å². The highest BCUT2D eigenvalue weighted by molar-refractivity contribution is 6.35. The first-order valence-electron chi connectivity index (χ1n) is 9.52. The third-order valence-electron chi connectivity index (χ3n) is 5.10. The summed E-state index contributed by atoms with van der Waals surface area (Å²) in [5, 5.41) is 4.88. The summed E-state index contributed by atoms with van der Waals surface area (Å²) in [6.07, 6.45) is 5.37. The van der Waals surface area contributed by atoms with Crippen molar-refractivity contribution in [3.05, 3.63) is 35.8 Å². The van der Waals surface area contributed by atoms with Crippen molar-refractivity contribution in [1.82, 2.24) is 24.7 Å². The maximum absolute atomic E-state index is 12.5. The van der Waals surface area contributed by atoms with Crippen LogP contribution in [0.4, 0.5) is 11.6 Å². The Labute approximate surface area is 176 Å². The predicted octanol–water partition coefficient (Wildman–Crippen LogP) is 3.44. The molecule has 5 rings (SSSR count). The van der Waals surface area contributed by atoms with E-state index in [1.165, 1.54) is 6.39 Å². The number of nitrogens with zero attached hydrogens (tertiary/aromatic N) is 6. The van der Waals surface area contributed by atoms with E-state index in [1.54, 1.807) is 21.7 Å². The average molecular weight is 424 g/mol. The van der Waals surface area contributed by atoms with E-state index < -0.39 is 0 Å². The lowest BCUT2D eigenvalue weighted by Gasteiger charge is -2.27. The lowest BCUT2D eigenvalue weighted by Crippen LogP contribution is -2.36. The molecule has 0 bridgehead atoms. The summed E-state index contributed by atoms with van der Waals surface area (Å²) in [4.78, 5) is 27.6. The number of aryl methyl sites for hydroxylation is 1. The van der Waals surface area contributed by atoms with Gasteiger partial charge in [0.1, 0.15) is 22.6 Å². The predicted molar refractivity (Wildman–Crippen MR) is 113 cm³/mol. The minimum Gasteiger partial charge on any atom is -0.443 e. The summed E-state index contributed by atoms with van der Waals surface area (Å²) in [6, 6.07) is 5.37. The molecule has 4 aromatic rings. The Morgan fingerprint density at radius 3 is 2.83 bits per heavy atom. The normalized spacial score (nSPS) is 14.6. The molecule has 0 radical (unpaired) electrons. The van der Waals surface area contributed by atoms with Gasteiger partial charge in [-0.1, -0.05) is 11.6 Å². The Kier molecular flexibility index (Phi) is 4.39. The second kappa shape index (κ2) is 7.10. The molecule has 0 saturated carbocycles. The summed E-state index contributed by atoms with van der Waals surface area (Å²) in [6.45, 7) is 0.558. The van der Waals surface area contributed by atoms with Crippen molar-refractivity contribution < 1.29 is 9.21 Å². The van der Waals surface area contributed by atoms with Crippen LogP contribution in [-0.2, 0) is 11.8 Å². The van der Waals surface area contributed by atoms with Crippen LogP contribution < -0.4 is 10.6 Å². The van der Waals surface area contributed by atoms with Gasteiger partial charge in [0.25, 0.3) is 0 Å². The summed E-state index contributed by atoms with van der Waals surface area (Å²) < 4.78 is 7.12. The number of aromatic nitrogens is 5. The first kappa shape index (κ1) is 18.6. The number of nitrogen functional groups attached to an aromatic ring is 1. The Morgan fingerprint density at radius 1 is 1.20 bits per heavy atom. The number of benzene rings is 1. The first-order valence-corrected chi connectivity index (χ1v) is 9.90. The lowest BCUT2D eigenvalue weighted by molar-refractivity contribution is -0.119. The van der Waals surface area contributed by atoms with E-state index in [1.807, 2.05) is 19.3 Å². The molecule has 0 atom stereocenters. The van der Waals surface area contributed by atoms with E-state index in [0.717, 1.165) is 12.8 Å². The average Bonchev–Trinajstić information content (AvgIpc) is 3.37. The third-order valence-corrected chi connectivity index (χ3v) is 5.39. The van der Waals surface area contributed by atoms with Crippen LogP contribution in [0.25, 0.3) is 33.7 Å². The smallest absolute Gasteiger partial charge is 0.228 e. The molecule has 0 aliphatic carbocycles. The van der Waals surface area contributed by atoms with Crippen molar-refractivity contribution in [2.24, 2.45) is 7.05 Å². The molecule has 30 heavy (non-hydrogen) atoms. The SMILES string of the molecule is Cn1ccc(-c2nc(N)c(N3CCCCC3=O)nc2-c2cc(Cl)c3ncoc3c2)n1. The Morgan fingerprint density at radius 2 is 2.07 bits per heavy atom. The van der Waals surface area contributed by atoms with Crippen LogP contribution in [0, 0.1) is 0 Å². The molecule has 9 nitrogen and oxygen atoms in total. The van der Waals surface area contributed by atoms with Crippen LogP contribution in [0.15, 0.2) is 35.2 Å². The molecule has 0 spiro atoms. The molecular formula is C20H18ClN7O2. The number of carbonyl (C=O) groups excluding carboxylic acids is 1. The van der Waals surface area contributed by atoms with Gasteiger partial charge in [-0.25, -0.2) is 15.0 Å². The van der Waals surface area contributed by atoms with E-state index in [-0.39, 0.29) is 11.7 Å². The molecule has 1 aliphatic rings. The van der Waals surface area contributed by atoms with Crippen LogP contribution in [-0.4, -0.2) is 37.2 Å². The van der Waals surface area contributed by atoms with Crippen molar-refractivity contribution in [1.29, 1.82) is 0 Å². The Hall–Kier alpha value is -3.46. The van der Waals surface area contributed by atoms with Gasteiger partial charge < -0.3 is 10.2 Å². The fourth-order valence-electron chi connectivity index (χ4n) is 3.65. The fourth-order valence-corrected chi connectivity index (χ4v) is 3.91. The number of amides is 1. The number of fused-ring (bicyclic) bond motifs is 1. The second-order valence-electron chi connectivity index (χ2n) is 7.16. The molecule has 1 aliphatic heterocycles. The molecule has 1 fully saturated rings. The van der Waals surface area contributed by atoms with E-state index in [4.69, 9.17) is 26.7 Å². The summed E-state index contributed by atoms with van der Waals surface area (Å²) in [5.41, 5.74) is 9.63. The van der Waals surface area contributed by atoms with Crippen molar-refractivity contribution >= 4 is 40.2 Å². The van der Waals surface area contributed by atoms with E-state index in [0.29, 0.717) is 57.6 Å². The Balaban J connectivity index is 1.75. The summed E-state index contributed by atoms with van der Waals surface area (Å²) in [5.74, 6) is 0.521. The molecule has 1 amide bonds. The number of hydrogen-bond donors (Lipinski definition) is 1. The molecule has 0 unspecified atom stereocenters. The van der Waals surface area contributed by atoms with Crippen molar-refractivity contribution in [2.45, 2.75) is 19.3 Å². The molecule has 3 aromatic heterocycles. The molecule has 1 aromatic carbocycles. The number of hydrogen-bond acceptors (Lipinski definition) is 7. The van der Waals surface area contributed by atoms with Gasteiger partial charge >= 0.3 is 0 Å². The zero-order valence-electron chi connectivity index (χ0n) is 16.2. The number of piperidine rings is 1. The number of oxazole rings is 1. The minimum absolute atomic E-state index is 0.0116. The van der Waals surface area contributed by atoms with Crippen LogP contribution in [0.2, 0.25) is 5.02 Å². The Bertz CT molecular complexity index is 1280. The largest absolute Gasteiger partial charge is 0.443 e. The summed E-state index contributed by atoms with van der Waals surface area (Å²) in [7, 11) is 1.82. The van der Waals surface area contributed by atoms with Gasteiger partial charge in [0.05, 0.1) is 5.02 Å². The van der Waals surface area contributed by atoms with Crippen molar-refractivity contribution in [2.75, 3.05) is 17.2 Å². The number of rotatable bonds is 3. The number of halogens is 1. The van der Waals surface area contributed by atoms with Gasteiger partial charge in [-0.3, -0.25) is 14.4 Å². The molecule has 1 saturated heterocycles. The highest BCUT2D eigenvalue weighted by atomic mass is 35.5. The molecular weight excluding hydrogens is 406 g/mol. The van der Waals surface area contributed by atoms with Gasteiger partial charge in [0, 0.05) is 31.8 Å². The van der Waals surface area contributed by atoms with Crippen LogP contribution in [0.3, 0.4) is 0 Å². The maximum atomic E-state index is 12.5. The zero-order valence-corrected chi connectivity index (χ0v) is 16.9. The monoisotopic (exact) mass is 423 g/mol. The second-order valence-corrected chi connectivity index (χ2v) is 7.57. The standard InChI is InChI=1S/C20H18ClN7O2/c1-27-7-5-13(26-27)18-16(11-8-12(21)17-14(9-11)30-10-23-17)25-20(19(22)24-18)28-6-3-2-4-15(28)29/h5,7-10H,2-4,6H2,1H3,(H2,22,24). The molecule has 2 N–H and O–H groups in total. The quantitative estimate of drug-likeness (QED) is 0.536. The molecule has 152 valence electrons. The number of anilines is 2. The highest BCUT2D eigenvalue weighted by Gasteiger charge is 2.26. The van der Waals surface area contributed by atoms with E-state index in [2.05, 4.69) is 15.1 Å². The van der Waals surface area contributed by atoms with Crippen LogP contribution in [0.5, 0.6) is 0 Å². The van der Waals surface area contributed by atoms with Gasteiger partial charge in [-0.2, -0.15) is 5.10 Å². The van der Waals surface area contributed by atoms with E-state index >= 15 is 0 Å². The summed E-state index contributed by atoms with van der Waals surface area (Å²) >= 11 is 6.42.